The SMILES string of the molecule is COCCN(Cc1ccccc1)C(=O)/C=C/c1csc(C)n1. The van der Waals surface area contributed by atoms with Gasteiger partial charge in [0.1, 0.15) is 0 Å². The second-order valence-corrected chi connectivity index (χ2v) is 5.93. The Balaban J connectivity index is 2.03. The fraction of sp³-hybridized carbons (Fsp3) is 0.294. The van der Waals surface area contributed by atoms with Gasteiger partial charge >= 0.3 is 0 Å². The van der Waals surface area contributed by atoms with Crippen molar-refractivity contribution in [2.45, 2.75) is 13.5 Å². The van der Waals surface area contributed by atoms with Crippen LogP contribution in [0.2, 0.25) is 0 Å². The molecule has 0 aliphatic heterocycles. The van der Waals surface area contributed by atoms with Gasteiger partial charge in [0, 0.05) is 31.7 Å². The molecule has 1 aromatic carbocycles. The molecule has 0 saturated heterocycles. The highest BCUT2D eigenvalue weighted by Crippen LogP contribution is 2.10. The summed E-state index contributed by atoms with van der Waals surface area (Å²) in [6.45, 7) is 3.60. The molecule has 0 aliphatic rings. The topological polar surface area (TPSA) is 42.4 Å². The number of aromatic nitrogens is 1. The van der Waals surface area contributed by atoms with E-state index in [0.717, 1.165) is 16.3 Å². The smallest absolute Gasteiger partial charge is 0.247 e. The van der Waals surface area contributed by atoms with Gasteiger partial charge in [-0.2, -0.15) is 0 Å². The van der Waals surface area contributed by atoms with Crippen LogP contribution in [0.25, 0.3) is 6.08 Å². The van der Waals surface area contributed by atoms with Gasteiger partial charge in [0.2, 0.25) is 5.91 Å². The third kappa shape index (κ3) is 5.09. The number of amides is 1. The summed E-state index contributed by atoms with van der Waals surface area (Å²) in [6, 6.07) is 9.95. The van der Waals surface area contributed by atoms with E-state index < -0.39 is 0 Å². The molecule has 1 aromatic heterocycles. The first-order chi connectivity index (χ1) is 10.7. The maximum absolute atomic E-state index is 12.4. The van der Waals surface area contributed by atoms with Crippen LogP contribution in [0.4, 0.5) is 0 Å². The van der Waals surface area contributed by atoms with Crippen molar-refractivity contribution < 1.29 is 9.53 Å². The average molecular weight is 316 g/mol. The minimum absolute atomic E-state index is 0.0356. The summed E-state index contributed by atoms with van der Waals surface area (Å²) >= 11 is 1.57. The number of methoxy groups -OCH3 is 1. The van der Waals surface area contributed by atoms with Crippen LogP contribution in [0.3, 0.4) is 0 Å². The molecular formula is C17H20N2O2S. The predicted octanol–water partition coefficient (Wildman–Crippen LogP) is 3.14. The van der Waals surface area contributed by atoms with Crippen molar-refractivity contribution in [1.29, 1.82) is 0 Å². The van der Waals surface area contributed by atoms with Crippen LogP contribution in [-0.2, 0) is 16.1 Å². The molecule has 0 unspecified atom stereocenters. The van der Waals surface area contributed by atoms with Gasteiger partial charge in [-0.05, 0) is 18.6 Å². The summed E-state index contributed by atoms with van der Waals surface area (Å²) in [4.78, 5) is 18.5. The molecule has 0 aliphatic carbocycles. The van der Waals surface area contributed by atoms with Crippen LogP contribution in [-0.4, -0.2) is 36.1 Å². The van der Waals surface area contributed by atoms with Gasteiger partial charge in [-0.25, -0.2) is 4.98 Å². The Morgan fingerprint density at radius 2 is 2.14 bits per heavy atom. The first-order valence-electron chi connectivity index (χ1n) is 7.11. The molecule has 1 heterocycles. The van der Waals surface area contributed by atoms with Crippen molar-refractivity contribution in [3.63, 3.8) is 0 Å². The van der Waals surface area contributed by atoms with E-state index in [1.165, 1.54) is 0 Å². The molecule has 1 amide bonds. The van der Waals surface area contributed by atoms with E-state index >= 15 is 0 Å². The van der Waals surface area contributed by atoms with Crippen molar-refractivity contribution >= 4 is 23.3 Å². The van der Waals surface area contributed by atoms with Crippen LogP contribution in [0.15, 0.2) is 41.8 Å². The zero-order valence-electron chi connectivity index (χ0n) is 12.9. The van der Waals surface area contributed by atoms with E-state index in [1.807, 2.05) is 42.6 Å². The molecule has 116 valence electrons. The Labute approximate surface area is 135 Å². The number of carbonyl (C=O) groups is 1. The minimum Gasteiger partial charge on any atom is -0.383 e. The van der Waals surface area contributed by atoms with E-state index in [4.69, 9.17) is 4.74 Å². The second-order valence-electron chi connectivity index (χ2n) is 4.86. The number of carbonyl (C=O) groups excluding carboxylic acids is 1. The first-order valence-corrected chi connectivity index (χ1v) is 7.99. The predicted molar refractivity (Wildman–Crippen MR) is 89.6 cm³/mol. The molecule has 0 atom stereocenters. The van der Waals surface area contributed by atoms with Gasteiger partial charge in [0.15, 0.2) is 0 Å². The van der Waals surface area contributed by atoms with E-state index in [2.05, 4.69) is 4.98 Å². The minimum atomic E-state index is -0.0356. The number of hydrogen-bond acceptors (Lipinski definition) is 4. The van der Waals surface area contributed by atoms with Gasteiger partial charge in [-0.1, -0.05) is 30.3 Å². The lowest BCUT2D eigenvalue weighted by Crippen LogP contribution is -2.32. The summed E-state index contributed by atoms with van der Waals surface area (Å²) in [5, 5.41) is 2.93. The maximum Gasteiger partial charge on any atom is 0.247 e. The normalized spacial score (nSPS) is 11.0. The molecule has 0 fully saturated rings. The van der Waals surface area contributed by atoms with Crippen molar-refractivity contribution in [2.24, 2.45) is 0 Å². The van der Waals surface area contributed by atoms with Gasteiger partial charge in [-0.15, -0.1) is 11.3 Å². The second kappa shape index (κ2) is 8.46. The molecule has 2 aromatic rings. The van der Waals surface area contributed by atoms with Crippen molar-refractivity contribution in [1.82, 2.24) is 9.88 Å². The Kier molecular flexibility index (Phi) is 6.30. The fourth-order valence-electron chi connectivity index (χ4n) is 1.99. The van der Waals surface area contributed by atoms with Crippen molar-refractivity contribution in [2.75, 3.05) is 20.3 Å². The van der Waals surface area contributed by atoms with Gasteiger partial charge < -0.3 is 9.64 Å². The van der Waals surface area contributed by atoms with E-state index in [9.17, 15) is 4.79 Å². The molecule has 4 nitrogen and oxygen atoms in total. The standard InChI is InChI=1S/C17H20N2O2S/c1-14-18-16(13-22-14)8-9-17(20)19(10-11-21-2)12-15-6-4-3-5-7-15/h3-9,13H,10-12H2,1-2H3/b9-8+. The summed E-state index contributed by atoms with van der Waals surface area (Å²) in [6.07, 6.45) is 3.34. The van der Waals surface area contributed by atoms with Crippen LogP contribution < -0.4 is 0 Å². The van der Waals surface area contributed by atoms with E-state index in [1.54, 1.807) is 35.5 Å². The average Bonchev–Trinajstić information content (AvgIpc) is 2.95. The number of ether oxygens (including phenoxy) is 1. The van der Waals surface area contributed by atoms with Gasteiger partial charge in [-0.3, -0.25) is 4.79 Å². The molecule has 22 heavy (non-hydrogen) atoms. The number of rotatable bonds is 7. The van der Waals surface area contributed by atoms with Gasteiger partial charge in [0.25, 0.3) is 0 Å². The Morgan fingerprint density at radius 3 is 2.77 bits per heavy atom. The van der Waals surface area contributed by atoms with Gasteiger partial charge in [0.05, 0.1) is 17.3 Å². The lowest BCUT2D eigenvalue weighted by molar-refractivity contribution is -0.127. The molecule has 0 N–H and O–H groups in total. The van der Waals surface area contributed by atoms with E-state index in [-0.39, 0.29) is 5.91 Å². The molecule has 0 bridgehead atoms. The first kappa shape index (κ1) is 16.4. The van der Waals surface area contributed by atoms with Crippen molar-refractivity contribution in [3.05, 3.63) is 58.1 Å². The van der Waals surface area contributed by atoms with Crippen LogP contribution in [0.1, 0.15) is 16.3 Å². The molecule has 5 heteroatoms. The zero-order chi connectivity index (χ0) is 15.8. The summed E-state index contributed by atoms with van der Waals surface area (Å²) in [5.74, 6) is -0.0356. The largest absolute Gasteiger partial charge is 0.383 e. The molecule has 0 spiro atoms. The maximum atomic E-state index is 12.4. The Hall–Kier alpha value is -1.98. The number of benzene rings is 1. The summed E-state index contributed by atoms with van der Waals surface area (Å²) < 4.78 is 5.10. The summed E-state index contributed by atoms with van der Waals surface area (Å²) in [5.41, 5.74) is 1.92. The molecule has 0 radical (unpaired) electrons. The highest BCUT2D eigenvalue weighted by molar-refractivity contribution is 7.09. The molecular weight excluding hydrogens is 296 g/mol. The van der Waals surface area contributed by atoms with Crippen LogP contribution in [0.5, 0.6) is 0 Å². The number of hydrogen-bond donors (Lipinski definition) is 0. The fourth-order valence-corrected chi connectivity index (χ4v) is 2.57. The zero-order valence-corrected chi connectivity index (χ0v) is 13.7. The lowest BCUT2D eigenvalue weighted by Gasteiger charge is -2.21. The highest BCUT2D eigenvalue weighted by Gasteiger charge is 2.11. The Bertz CT molecular complexity index is 623. The van der Waals surface area contributed by atoms with Crippen molar-refractivity contribution in [3.8, 4) is 0 Å². The number of nitrogens with zero attached hydrogens (tertiary/aromatic N) is 2. The molecule has 2 rings (SSSR count). The number of thiazole rings is 1. The highest BCUT2D eigenvalue weighted by atomic mass is 32.1. The van der Waals surface area contributed by atoms with Crippen LogP contribution in [0, 0.1) is 6.92 Å². The third-order valence-corrected chi connectivity index (χ3v) is 3.92. The van der Waals surface area contributed by atoms with E-state index in [0.29, 0.717) is 19.7 Å². The number of aryl methyl sites for hydroxylation is 1. The van der Waals surface area contributed by atoms with Crippen LogP contribution >= 0.6 is 11.3 Å². The Morgan fingerprint density at radius 1 is 1.36 bits per heavy atom. The quantitative estimate of drug-likeness (QED) is 0.737. The lowest BCUT2D eigenvalue weighted by atomic mass is 10.2. The third-order valence-electron chi connectivity index (χ3n) is 3.13. The summed E-state index contributed by atoms with van der Waals surface area (Å²) in [7, 11) is 1.64. The monoisotopic (exact) mass is 316 g/mol. The molecule has 0 saturated carbocycles.